The number of nitrogens with zero attached hydrogens (tertiary/aromatic N) is 1. The van der Waals surface area contributed by atoms with Gasteiger partial charge in [0.25, 0.3) is 10.1 Å². The second-order valence-electron chi connectivity index (χ2n) is 5.77. The lowest BCUT2D eigenvalue weighted by molar-refractivity contribution is -0.137. The molecule has 3 N–H and O–H groups in total. The molecule has 1 aromatic carbocycles. The molecule has 1 rings (SSSR count). The Balaban J connectivity index is 3.02. The Labute approximate surface area is 153 Å². The third-order valence-corrected chi connectivity index (χ3v) is 4.55. The van der Waals surface area contributed by atoms with Crippen molar-refractivity contribution in [1.29, 1.82) is 0 Å². The van der Waals surface area contributed by atoms with Crippen molar-refractivity contribution >= 4 is 33.4 Å². The molecule has 0 aromatic heterocycles. The molecule has 0 radical (unpaired) electrons. The van der Waals surface area contributed by atoms with Gasteiger partial charge in [-0.05, 0) is 36.7 Å². The van der Waals surface area contributed by atoms with Gasteiger partial charge in [0.1, 0.15) is 0 Å². The highest BCUT2D eigenvalue weighted by Crippen LogP contribution is 2.27. The van der Waals surface area contributed by atoms with Gasteiger partial charge in [-0.3, -0.25) is 8.98 Å². The number of hydrogen-bond acceptors (Lipinski definition) is 6. The summed E-state index contributed by atoms with van der Waals surface area (Å²) in [5.41, 5.74) is 8.40. The van der Waals surface area contributed by atoms with E-state index in [4.69, 9.17) is 26.6 Å². The number of carboxylic acids is 1. The molecule has 0 saturated heterocycles. The summed E-state index contributed by atoms with van der Waals surface area (Å²) in [5, 5.41) is 9.07. The van der Waals surface area contributed by atoms with Crippen LogP contribution in [-0.4, -0.2) is 57.9 Å². The zero-order valence-electron chi connectivity index (χ0n) is 14.4. The standard InChI is InChI=1S/C16H25ClN2O5S/c1-12-3-4-14(10-15(12)13(11-18)9-16(20)21)19(6-5-17)7-8-24-25(2,22)23/h3-4,10,13H,5-9,11,18H2,1-2H3,(H,20,21). The molecule has 0 bridgehead atoms. The summed E-state index contributed by atoms with van der Waals surface area (Å²) in [6, 6.07) is 5.68. The van der Waals surface area contributed by atoms with Crippen molar-refractivity contribution in [1.82, 2.24) is 0 Å². The van der Waals surface area contributed by atoms with Crippen molar-refractivity contribution in [3.05, 3.63) is 29.3 Å². The number of aryl methyl sites for hydroxylation is 1. The Morgan fingerprint density at radius 3 is 2.60 bits per heavy atom. The van der Waals surface area contributed by atoms with Crippen LogP contribution in [0.15, 0.2) is 18.2 Å². The molecule has 1 unspecified atom stereocenters. The molecule has 1 aromatic rings. The van der Waals surface area contributed by atoms with Crippen molar-refractivity contribution in [3.8, 4) is 0 Å². The lowest BCUT2D eigenvalue weighted by atomic mass is 9.91. The normalized spacial score (nSPS) is 12.8. The summed E-state index contributed by atoms with van der Waals surface area (Å²) < 4.78 is 27.0. The predicted molar refractivity (Wildman–Crippen MR) is 99.0 cm³/mol. The molecule has 25 heavy (non-hydrogen) atoms. The van der Waals surface area contributed by atoms with Crippen LogP contribution in [0.25, 0.3) is 0 Å². The number of aliphatic carboxylic acids is 1. The van der Waals surface area contributed by atoms with Crippen molar-refractivity contribution < 1.29 is 22.5 Å². The Bertz CT molecular complexity index is 681. The third kappa shape index (κ3) is 7.60. The molecule has 0 fully saturated rings. The maximum atomic E-state index is 11.1. The van der Waals surface area contributed by atoms with Gasteiger partial charge in [-0.25, -0.2) is 0 Å². The maximum absolute atomic E-state index is 11.1. The van der Waals surface area contributed by atoms with Crippen molar-refractivity contribution in [3.63, 3.8) is 0 Å². The van der Waals surface area contributed by atoms with Gasteiger partial charge in [0.2, 0.25) is 0 Å². The van der Waals surface area contributed by atoms with Crippen LogP contribution in [-0.2, 0) is 19.1 Å². The van der Waals surface area contributed by atoms with Gasteiger partial charge in [0.05, 0.1) is 19.3 Å². The van der Waals surface area contributed by atoms with Crippen LogP contribution in [0, 0.1) is 6.92 Å². The summed E-state index contributed by atoms with van der Waals surface area (Å²) >= 11 is 5.85. The van der Waals surface area contributed by atoms with E-state index in [1.165, 1.54) is 0 Å². The molecule has 0 aliphatic carbocycles. The molecule has 0 aliphatic rings. The van der Waals surface area contributed by atoms with E-state index < -0.39 is 16.1 Å². The molecular weight excluding hydrogens is 368 g/mol. The maximum Gasteiger partial charge on any atom is 0.304 e. The van der Waals surface area contributed by atoms with E-state index in [2.05, 4.69) is 0 Å². The Morgan fingerprint density at radius 2 is 2.08 bits per heavy atom. The fourth-order valence-electron chi connectivity index (χ4n) is 2.57. The Kier molecular flexibility index (Phi) is 8.64. The highest BCUT2D eigenvalue weighted by atomic mass is 35.5. The number of hydrogen-bond donors (Lipinski definition) is 2. The van der Waals surface area contributed by atoms with Crippen LogP contribution in [0.4, 0.5) is 5.69 Å². The van der Waals surface area contributed by atoms with E-state index in [9.17, 15) is 13.2 Å². The zero-order chi connectivity index (χ0) is 19.0. The van der Waals surface area contributed by atoms with Gasteiger partial charge in [0.15, 0.2) is 0 Å². The van der Waals surface area contributed by atoms with Crippen LogP contribution < -0.4 is 10.6 Å². The first-order valence-electron chi connectivity index (χ1n) is 7.85. The van der Waals surface area contributed by atoms with Gasteiger partial charge >= 0.3 is 5.97 Å². The molecule has 1 atom stereocenters. The molecule has 9 heteroatoms. The van der Waals surface area contributed by atoms with E-state index in [1.54, 1.807) is 0 Å². The number of alkyl halides is 1. The first kappa shape index (κ1) is 21.7. The first-order chi connectivity index (χ1) is 11.7. The summed E-state index contributed by atoms with van der Waals surface area (Å²) in [5.74, 6) is -0.834. The molecule has 142 valence electrons. The average molecular weight is 393 g/mol. The van der Waals surface area contributed by atoms with Crippen LogP contribution in [0.2, 0.25) is 0 Å². The molecule has 0 saturated carbocycles. The lowest BCUT2D eigenvalue weighted by Crippen LogP contribution is -2.30. The molecule has 0 heterocycles. The van der Waals surface area contributed by atoms with Gasteiger partial charge in [-0.15, -0.1) is 11.6 Å². The van der Waals surface area contributed by atoms with Crippen LogP contribution in [0.5, 0.6) is 0 Å². The highest BCUT2D eigenvalue weighted by molar-refractivity contribution is 7.85. The number of anilines is 1. The van der Waals surface area contributed by atoms with Gasteiger partial charge in [-0.2, -0.15) is 8.42 Å². The molecule has 0 amide bonds. The predicted octanol–water partition coefficient (Wildman–Crippen LogP) is 1.53. The zero-order valence-corrected chi connectivity index (χ0v) is 16.0. The smallest absolute Gasteiger partial charge is 0.304 e. The minimum atomic E-state index is -3.50. The van der Waals surface area contributed by atoms with E-state index in [0.717, 1.165) is 23.1 Å². The van der Waals surface area contributed by atoms with Crippen LogP contribution in [0.1, 0.15) is 23.5 Å². The lowest BCUT2D eigenvalue weighted by Gasteiger charge is -2.26. The second-order valence-corrected chi connectivity index (χ2v) is 7.80. The van der Waals surface area contributed by atoms with E-state index in [1.807, 2.05) is 30.0 Å². The largest absolute Gasteiger partial charge is 0.481 e. The van der Waals surface area contributed by atoms with E-state index in [0.29, 0.717) is 19.0 Å². The van der Waals surface area contributed by atoms with E-state index in [-0.39, 0.29) is 25.5 Å². The van der Waals surface area contributed by atoms with Crippen LogP contribution in [0.3, 0.4) is 0 Å². The average Bonchev–Trinajstić information content (AvgIpc) is 2.51. The fourth-order valence-corrected chi connectivity index (χ4v) is 3.15. The van der Waals surface area contributed by atoms with Crippen molar-refractivity contribution in [2.75, 3.05) is 43.3 Å². The molecule has 7 nitrogen and oxygen atoms in total. The number of nitrogens with two attached hydrogens (primary N) is 1. The number of benzene rings is 1. The monoisotopic (exact) mass is 392 g/mol. The van der Waals surface area contributed by atoms with Crippen LogP contribution >= 0.6 is 11.6 Å². The highest BCUT2D eigenvalue weighted by Gasteiger charge is 2.18. The molecular formula is C16H25ClN2O5S. The van der Waals surface area contributed by atoms with E-state index >= 15 is 0 Å². The summed E-state index contributed by atoms with van der Waals surface area (Å²) in [4.78, 5) is 13.0. The summed E-state index contributed by atoms with van der Waals surface area (Å²) in [6.07, 6.45) is 0.952. The minimum Gasteiger partial charge on any atom is -0.481 e. The van der Waals surface area contributed by atoms with Gasteiger partial charge in [0, 0.05) is 30.6 Å². The fraction of sp³-hybridized carbons (Fsp3) is 0.562. The quantitative estimate of drug-likeness (QED) is 0.434. The minimum absolute atomic E-state index is 0.00831. The summed E-state index contributed by atoms with van der Waals surface area (Å²) in [6.45, 7) is 2.98. The van der Waals surface area contributed by atoms with Gasteiger partial charge < -0.3 is 15.7 Å². The number of rotatable bonds is 11. The topological polar surface area (TPSA) is 110 Å². The van der Waals surface area contributed by atoms with Gasteiger partial charge in [-0.1, -0.05) is 6.07 Å². The molecule has 0 aliphatic heterocycles. The van der Waals surface area contributed by atoms with Crippen molar-refractivity contribution in [2.24, 2.45) is 5.73 Å². The number of carboxylic acid groups (broad SMARTS) is 1. The SMILES string of the molecule is Cc1ccc(N(CCCl)CCOS(C)(=O)=O)cc1C(CN)CC(=O)O. The van der Waals surface area contributed by atoms with Crippen molar-refractivity contribution in [2.45, 2.75) is 19.3 Å². The first-order valence-corrected chi connectivity index (χ1v) is 10.2. The Hall–Kier alpha value is -1.35. The number of carbonyl (C=O) groups is 1. The number of halogens is 1. The third-order valence-electron chi connectivity index (χ3n) is 3.79. The Morgan fingerprint density at radius 1 is 1.40 bits per heavy atom. The molecule has 0 spiro atoms. The second kappa shape index (κ2) is 9.96. The summed E-state index contributed by atoms with van der Waals surface area (Å²) in [7, 11) is -3.50.